The number of thiazole rings is 2. The molecule has 1 aliphatic rings. The van der Waals surface area contributed by atoms with Crippen LogP contribution in [-0.4, -0.2) is 72.3 Å². The van der Waals surface area contributed by atoms with Crippen molar-refractivity contribution in [2.45, 2.75) is 31.7 Å². The Labute approximate surface area is 229 Å². The molecule has 2 N–H and O–H groups in total. The van der Waals surface area contributed by atoms with Gasteiger partial charge in [0.2, 0.25) is 10.0 Å². The quantitative estimate of drug-likeness (QED) is 0.351. The molecule has 5 rings (SSSR count). The second-order valence-corrected chi connectivity index (χ2v) is 13.6. The smallest absolute Gasteiger partial charge is 0.305 e. The standard InChI is InChI=1S/C26H29N5O4S3/c1-16(27-25(32)20-6-4-5-19(13-20)24-17(2)28-18(3)36-24)15-30-9-11-31(12-10-30)38(34,35)21-7-8-22-23(14-21)37-26(33)29-22/h4-8,13-14,16H,9-12,15H2,1-3H3,(H,27,32)(H,29,33). The molecule has 1 unspecified atom stereocenters. The van der Waals surface area contributed by atoms with Gasteiger partial charge >= 0.3 is 4.87 Å². The van der Waals surface area contributed by atoms with Crippen molar-refractivity contribution in [2.24, 2.45) is 0 Å². The summed E-state index contributed by atoms with van der Waals surface area (Å²) in [7, 11) is -3.66. The van der Waals surface area contributed by atoms with Crippen molar-refractivity contribution < 1.29 is 13.2 Å². The van der Waals surface area contributed by atoms with E-state index in [-0.39, 0.29) is 21.7 Å². The number of aryl methyl sites for hydroxylation is 2. The maximum atomic E-state index is 13.2. The summed E-state index contributed by atoms with van der Waals surface area (Å²) in [6.45, 7) is 8.39. The molecule has 1 atom stereocenters. The monoisotopic (exact) mass is 571 g/mol. The normalized spacial score (nSPS) is 16.1. The first-order valence-electron chi connectivity index (χ1n) is 12.3. The van der Waals surface area contributed by atoms with Crippen molar-refractivity contribution in [3.8, 4) is 10.4 Å². The van der Waals surface area contributed by atoms with E-state index in [1.807, 2.05) is 45.0 Å². The molecule has 4 aromatic rings. The van der Waals surface area contributed by atoms with E-state index in [4.69, 9.17) is 0 Å². The van der Waals surface area contributed by atoms with Crippen molar-refractivity contribution in [3.05, 3.63) is 68.4 Å². The van der Waals surface area contributed by atoms with Gasteiger partial charge in [-0.25, -0.2) is 13.4 Å². The van der Waals surface area contributed by atoms with Gasteiger partial charge in [0.25, 0.3) is 5.91 Å². The average molecular weight is 572 g/mol. The number of H-pyrrole nitrogens is 1. The van der Waals surface area contributed by atoms with Crippen molar-refractivity contribution in [1.29, 1.82) is 0 Å². The summed E-state index contributed by atoms with van der Waals surface area (Å²) < 4.78 is 28.5. The van der Waals surface area contributed by atoms with E-state index in [2.05, 4.69) is 20.2 Å². The van der Waals surface area contributed by atoms with Gasteiger partial charge in [-0.3, -0.25) is 14.5 Å². The number of piperazine rings is 1. The van der Waals surface area contributed by atoms with Crippen LogP contribution in [0.3, 0.4) is 0 Å². The molecule has 2 aromatic heterocycles. The van der Waals surface area contributed by atoms with E-state index in [1.165, 1.54) is 10.4 Å². The molecule has 200 valence electrons. The number of hydrogen-bond donors (Lipinski definition) is 2. The number of aromatic amines is 1. The number of carbonyl (C=O) groups excluding carboxylic acids is 1. The summed E-state index contributed by atoms with van der Waals surface area (Å²) in [4.78, 5) is 34.9. The number of hydrogen-bond acceptors (Lipinski definition) is 8. The van der Waals surface area contributed by atoms with Gasteiger partial charge in [-0.2, -0.15) is 4.31 Å². The first-order chi connectivity index (χ1) is 18.1. The number of nitrogens with zero attached hydrogens (tertiary/aromatic N) is 3. The lowest BCUT2D eigenvalue weighted by molar-refractivity contribution is 0.0922. The van der Waals surface area contributed by atoms with E-state index < -0.39 is 10.0 Å². The number of benzene rings is 2. The van der Waals surface area contributed by atoms with Crippen molar-refractivity contribution in [2.75, 3.05) is 32.7 Å². The molecule has 1 amide bonds. The highest BCUT2D eigenvalue weighted by Crippen LogP contribution is 2.30. The molecule has 0 saturated carbocycles. The van der Waals surface area contributed by atoms with Gasteiger partial charge in [-0.1, -0.05) is 23.5 Å². The molecule has 1 aliphatic heterocycles. The van der Waals surface area contributed by atoms with Gasteiger partial charge in [0.1, 0.15) is 0 Å². The molecular formula is C26H29N5O4S3. The summed E-state index contributed by atoms with van der Waals surface area (Å²) in [5.41, 5.74) is 3.18. The predicted molar refractivity (Wildman–Crippen MR) is 152 cm³/mol. The summed E-state index contributed by atoms with van der Waals surface area (Å²) in [6, 6.07) is 12.2. The number of carbonyl (C=O) groups is 1. The van der Waals surface area contributed by atoms with Gasteiger partial charge in [-0.05, 0) is 56.7 Å². The minimum Gasteiger partial charge on any atom is -0.348 e. The highest BCUT2D eigenvalue weighted by Gasteiger charge is 2.29. The Bertz CT molecular complexity index is 1650. The average Bonchev–Trinajstić information content (AvgIpc) is 3.43. The summed E-state index contributed by atoms with van der Waals surface area (Å²) >= 11 is 2.62. The van der Waals surface area contributed by atoms with Gasteiger partial charge in [-0.15, -0.1) is 11.3 Å². The Balaban J connectivity index is 1.17. The molecule has 0 bridgehead atoms. The van der Waals surface area contributed by atoms with Crippen LogP contribution in [0.15, 0.2) is 52.2 Å². The van der Waals surface area contributed by atoms with Crippen molar-refractivity contribution in [3.63, 3.8) is 0 Å². The van der Waals surface area contributed by atoms with Crippen LogP contribution in [0.4, 0.5) is 0 Å². The highest BCUT2D eigenvalue weighted by atomic mass is 32.2. The molecule has 2 aromatic carbocycles. The molecular weight excluding hydrogens is 543 g/mol. The van der Waals surface area contributed by atoms with Crippen molar-refractivity contribution in [1.82, 2.24) is 24.5 Å². The first kappa shape index (κ1) is 26.7. The SMILES string of the molecule is Cc1nc(C)c(-c2cccc(C(=O)NC(C)CN3CCN(S(=O)(=O)c4ccc5[nH]c(=O)sc5c4)CC3)c2)s1. The van der Waals surface area contributed by atoms with Gasteiger partial charge in [0, 0.05) is 44.3 Å². The largest absolute Gasteiger partial charge is 0.348 e. The second kappa shape index (κ2) is 10.7. The summed E-state index contributed by atoms with van der Waals surface area (Å²) in [5.74, 6) is -0.137. The number of sulfonamides is 1. The zero-order valence-electron chi connectivity index (χ0n) is 21.4. The highest BCUT2D eigenvalue weighted by molar-refractivity contribution is 7.89. The fourth-order valence-corrected chi connectivity index (χ4v) is 7.94. The molecule has 0 spiro atoms. The topological polar surface area (TPSA) is 115 Å². The minimum atomic E-state index is -3.66. The Kier molecular flexibility index (Phi) is 7.51. The maximum absolute atomic E-state index is 13.2. The summed E-state index contributed by atoms with van der Waals surface area (Å²) in [5, 5.41) is 4.07. The van der Waals surface area contributed by atoms with E-state index >= 15 is 0 Å². The number of rotatable bonds is 7. The lowest BCUT2D eigenvalue weighted by atomic mass is 10.1. The third kappa shape index (κ3) is 5.59. The van der Waals surface area contributed by atoms with Crippen LogP contribution in [0.25, 0.3) is 20.7 Å². The number of amides is 1. The third-order valence-corrected chi connectivity index (χ3v) is 10.4. The lowest BCUT2D eigenvalue weighted by Crippen LogP contribution is -2.52. The van der Waals surface area contributed by atoms with Gasteiger partial charge < -0.3 is 10.3 Å². The summed E-state index contributed by atoms with van der Waals surface area (Å²) in [6.07, 6.45) is 0. The Morgan fingerprint density at radius 3 is 2.58 bits per heavy atom. The molecule has 3 heterocycles. The molecule has 0 radical (unpaired) electrons. The van der Waals surface area contributed by atoms with Gasteiger partial charge in [0.05, 0.1) is 30.7 Å². The fourth-order valence-electron chi connectivity index (χ4n) is 4.73. The molecule has 38 heavy (non-hydrogen) atoms. The van der Waals surface area contributed by atoms with Crippen LogP contribution in [0.1, 0.15) is 28.0 Å². The molecule has 1 fully saturated rings. The second-order valence-electron chi connectivity index (χ2n) is 9.48. The number of nitrogens with one attached hydrogen (secondary N) is 2. The molecule has 1 saturated heterocycles. The van der Waals surface area contributed by atoms with Crippen LogP contribution in [0.5, 0.6) is 0 Å². The lowest BCUT2D eigenvalue weighted by Gasteiger charge is -2.35. The van der Waals surface area contributed by atoms with Crippen molar-refractivity contribution >= 4 is 48.8 Å². The van der Waals surface area contributed by atoms with Crippen LogP contribution < -0.4 is 10.2 Å². The van der Waals surface area contributed by atoms with Crippen LogP contribution in [0, 0.1) is 13.8 Å². The number of aromatic nitrogens is 2. The van der Waals surface area contributed by atoms with Crippen LogP contribution >= 0.6 is 22.7 Å². The Morgan fingerprint density at radius 2 is 1.87 bits per heavy atom. The molecule has 0 aliphatic carbocycles. The fraction of sp³-hybridized carbons (Fsp3) is 0.346. The van der Waals surface area contributed by atoms with E-state index in [1.54, 1.807) is 23.5 Å². The Morgan fingerprint density at radius 1 is 1.11 bits per heavy atom. The minimum absolute atomic E-state index is 0.111. The predicted octanol–water partition coefficient (Wildman–Crippen LogP) is 3.45. The number of fused-ring (bicyclic) bond motifs is 1. The maximum Gasteiger partial charge on any atom is 0.305 e. The molecule has 9 nitrogen and oxygen atoms in total. The van der Waals surface area contributed by atoms with E-state index in [0.717, 1.165) is 32.5 Å². The van der Waals surface area contributed by atoms with Gasteiger partial charge in [0.15, 0.2) is 0 Å². The Hall–Kier alpha value is -2.90. The van der Waals surface area contributed by atoms with Crippen LogP contribution in [0.2, 0.25) is 0 Å². The van der Waals surface area contributed by atoms with E-state index in [0.29, 0.717) is 48.5 Å². The molecule has 12 heteroatoms. The van der Waals surface area contributed by atoms with Crippen LogP contribution in [-0.2, 0) is 10.0 Å². The van der Waals surface area contributed by atoms with E-state index in [9.17, 15) is 18.0 Å². The zero-order chi connectivity index (χ0) is 27.0. The first-order valence-corrected chi connectivity index (χ1v) is 15.4. The zero-order valence-corrected chi connectivity index (χ0v) is 23.8. The third-order valence-electron chi connectivity index (χ3n) is 6.56.